The van der Waals surface area contributed by atoms with E-state index in [4.69, 9.17) is 9.47 Å². The number of H-pyrrole nitrogens is 1. The molecular formula is C16H15FN2O7. The Labute approximate surface area is 145 Å². The maximum atomic E-state index is 13.5. The molecule has 0 aliphatic carbocycles. The van der Waals surface area contributed by atoms with Crippen LogP contribution in [-0.4, -0.2) is 50.7 Å². The molecule has 2 unspecified atom stereocenters. The van der Waals surface area contributed by atoms with E-state index in [1.807, 2.05) is 0 Å². The van der Waals surface area contributed by atoms with Crippen LogP contribution in [-0.2, 0) is 9.47 Å². The normalized spacial score (nSPS) is 25.2. The number of esters is 1. The zero-order chi connectivity index (χ0) is 18.8. The minimum Gasteiger partial charge on any atom is -0.453 e. The van der Waals surface area contributed by atoms with Gasteiger partial charge in [-0.2, -0.15) is 4.39 Å². The van der Waals surface area contributed by atoms with Crippen LogP contribution in [0.3, 0.4) is 0 Å². The Bertz CT molecular complexity index is 911. The third kappa shape index (κ3) is 3.29. The standard InChI is InChI=1S/C16H15FN2O7/c17-9-6-19(16(24)18-13(9)22)14-11(21)12(10(7-20)25-14)26-15(23)8-4-2-1-3-5-8/h1-6,10-12,14,20-21H,7H2,(H,18,22,24)/t10-,11?,12?,14-/m0/s1. The average molecular weight is 366 g/mol. The van der Waals surface area contributed by atoms with Crippen molar-refractivity contribution in [1.29, 1.82) is 0 Å². The van der Waals surface area contributed by atoms with Crippen molar-refractivity contribution in [3.63, 3.8) is 0 Å². The summed E-state index contributed by atoms with van der Waals surface area (Å²) in [6.07, 6.45) is -4.92. The lowest BCUT2D eigenvalue weighted by molar-refractivity contribution is -0.0567. The lowest BCUT2D eigenvalue weighted by Gasteiger charge is -2.20. The lowest BCUT2D eigenvalue weighted by atomic mass is 10.1. The maximum Gasteiger partial charge on any atom is 0.338 e. The highest BCUT2D eigenvalue weighted by molar-refractivity contribution is 5.89. The van der Waals surface area contributed by atoms with Crippen molar-refractivity contribution in [3.05, 3.63) is 68.7 Å². The maximum absolute atomic E-state index is 13.5. The van der Waals surface area contributed by atoms with Gasteiger partial charge in [0.2, 0.25) is 5.82 Å². The van der Waals surface area contributed by atoms with Gasteiger partial charge in [-0.05, 0) is 12.1 Å². The summed E-state index contributed by atoms with van der Waals surface area (Å²) in [6, 6.07) is 7.93. The molecule has 3 N–H and O–H groups in total. The number of hydrogen-bond acceptors (Lipinski definition) is 7. The fourth-order valence-electron chi connectivity index (χ4n) is 2.66. The van der Waals surface area contributed by atoms with Crippen LogP contribution in [0, 0.1) is 5.82 Å². The van der Waals surface area contributed by atoms with Crippen molar-refractivity contribution in [3.8, 4) is 0 Å². The first-order valence-electron chi connectivity index (χ1n) is 7.63. The fraction of sp³-hybridized carbons (Fsp3) is 0.312. The molecule has 0 saturated carbocycles. The summed E-state index contributed by atoms with van der Waals surface area (Å²) in [4.78, 5) is 36.9. The van der Waals surface area contributed by atoms with E-state index < -0.39 is 54.2 Å². The van der Waals surface area contributed by atoms with Crippen LogP contribution in [0.4, 0.5) is 4.39 Å². The molecule has 9 nitrogen and oxygen atoms in total. The largest absolute Gasteiger partial charge is 0.453 e. The quantitative estimate of drug-likeness (QED) is 0.601. The van der Waals surface area contributed by atoms with Crippen LogP contribution in [0.25, 0.3) is 0 Å². The second-order valence-corrected chi connectivity index (χ2v) is 5.62. The summed E-state index contributed by atoms with van der Waals surface area (Å²) < 4.78 is 24.6. The number of benzene rings is 1. The van der Waals surface area contributed by atoms with Crippen molar-refractivity contribution in [2.75, 3.05) is 6.61 Å². The van der Waals surface area contributed by atoms with E-state index in [-0.39, 0.29) is 5.56 Å². The van der Waals surface area contributed by atoms with E-state index in [9.17, 15) is 29.0 Å². The molecule has 1 fully saturated rings. The predicted octanol–water partition coefficient (Wildman–Crippen LogP) is -0.848. The van der Waals surface area contributed by atoms with Gasteiger partial charge in [0.1, 0.15) is 12.2 Å². The molecule has 1 saturated heterocycles. The van der Waals surface area contributed by atoms with Crippen LogP contribution in [0.1, 0.15) is 16.6 Å². The van der Waals surface area contributed by atoms with Gasteiger partial charge in [-0.25, -0.2) is 9.59 Å². The lowest BCUT2D eigenvalue weighted by Crippen LogP contribution is -2.40. The molecule has 0 radical (unpaired) electrons. The van der Waals surface area contributed by atoms with Gasteiger partial charge in [0, 0.05) is 0 Å². The number of aliphatic hydroxyl groups is 2. The van der Waals surface area contributed by atoms with Crippen molar-refractivity contribution in [2.45, 2.75) is 24.5 Å². The number of halogens is 1. The van der Waals surface area contributed by atoms with Crippen molar-refractivity contribution in [2.24, 2.45) is 0 Å². The summed E-state index contributed by atoms with van der Waals surface area (Å²) in [6.45, 7) is -0.624. The average Bonchev–Trinajstić information content (AvgIpc) is 2.94. The topological polar surface area (TPSA) is 131 Å². The van der Waals surface area contributed by atoms with E-state index in [1.165, 1.54) is 12.1 Å². The molecule has 138 valence electrons. The Morgan fingerprint density at radius 3 is 2.65 bits per heavy atom. The smallest absolute Gasteiger partial charge is 0.338 e. The molecule has 0 bridgehead atoms. The second-order valence-electron chi connectivity index (χ2n) is 5.62. The summed E-state index contributed by atoms with van der Waals surface area (Å²) in [5.41, 5.74) is -2.02. The van der Waals surface area contributed by atoms with Gasteiger partial charge in [-0.15, -0.1) is 0 Å². The third-order valence-electron chi connectivity index (χ3n) is 3.94. The van der Waals surface area contributed by atoms with Crippen molar-refractivity contribution >= 4 is 5.97 Å². The van der Waals surface area contributed by atoms with Crippen molar-refractivity contribution in [1.82, 2.24) is 9.55 Å². The molecule has 2 aromatic rings. The monoisotopic (exact) mass is 366 g/mol. The van der Waals surface area contributed by atoms with E-state index in [0.29, 0.717) is 10.8 Å². The summed E-state index contributed by atoms with van der Waals surface area (Å²) >= 11 is 0. The third-order valence-corrected chi connectivity index (χ3v) is 3.94. The van der Waals surface area contributed by atoms with Gasteiger partial charge >= 0.3 is 11.7 Å². The molecule has 3 rings (SSSR count). The Morgan fingerprint density at radius 1 is 1.31 bits per heavy atom. The summed E-state index contributed by atoms with van der Waals surface area (Å²) in [7, 11) is 0. The van der Waals surface area contributed by atoms with E-state index in [1.54, 1.807) is 23.2 Å². The number of nitrogens with zero attached hydrogens (tertiary/aromatic N) is 1. The molecule has 26 heavy (non-hydrogen) atoms. The van der Waals surface area contributed by atoms with E-state index >= 15 is 0 Å². The molecule has 1 aliphatic heterocycles. The molecular weight excluding hydrogens is 351 g/mol. The molecule has 1 aromatic heterocycles. The van der Waals surface area contributed by atoms with Crippen LogP contribution in [0.2, 0.25) is 0 Å². The minimum atomic E-state index is -1.58. The van der Waals surface area contributed by atoms with Crippen LogP contribution >= 0.6 is 0 Å². The minimum absolute atomic E-state index is 0.215. The van der Waals surface area contributed by atoms with Crippen LogP contribution in [0.15, 0.2) is 46.1 Å². The predicted molar refractivity (Wildman–Crippen MR) is 83.9 cm³/mol. The number of aliphatic hydroxyl groups excluding tert-OH is 2. The molecule has 4 atom stereocenters. The first-order chi connectivity index (χ1) is 12.4. The zero-order valence-electron chi connectivity index (χ0n) is 13.2. The van der Waals surface area contributed by atoms with Crippen LogP contribution in [0.5, 0.6) is 0 Å². The first kappa shape index (κ1) is 18.0. The number of rotatable bonds is 4. The molecule has 1 aliphatic rings. The fourth-order valence-corrected chi connectivity index (χ4v) is 2.66. The van der Waals surface area contributed by atoms with Crippen molar-refractivity contribution < 1.29 is 28.9 Å². The number of carbonyl (C=O) groups is 1. The Hall–Kier alpha value is -2.82. The second kappa shape index (κ2) is 7.20. The number of ether oxygens (including phenoxy) is 2. The summed E-state index contributed by atoms with van der Waals surface area (Å²) in [5.74, 6) is -2.02. The number of hydrogen-bond donors (Lipinski definition) is 3. The number of nitrogens with one attached hydrogen (secondary N) is 1. The highest BCUT2D eigenvalue weighted by Gasteiger charge is 2.47. The molecule has 0 amide bonds. The molecule has 10 heteroatoms. The highest BCUT2D eigenvalue weighted by atomic mass is 19.1. The highest BCUT2D eigenvalue weighted by Crippen LogP contribution is 2.30. The van der Waals surface area contributed by atoms with Gasteiger partial charge in [0.25, 0.3) is 5.56 Å². The van der Waals surface area contributed by atoms with Gasteiger partial charge < -0.3 is 19.7 Å². The number of carbonyl (C=O) groups excluding carboxylic acids is 1. The van der Waals surface area contributed by atoms with Crippen LogP contribution < -0.4 is 11.2 Å². The Kier molecular flexibility index (Phi) is 4.98. The van der Waals surface area contributed by atoms with Gasteiger partial charge in [-0.3, -0.25) is 14.3 Å². The van der Waals surface area contributed by atoms with Gasteiger partial charge in [-0.1, -0.05) is 18.2 Å². The zero-order valence-corrected chi connectivity index (χ0v) is 13.2. The SMILES string of the molecule is O=C(OC1C(O)[C@@H](n2cc(F)c(=O)[nH]c2=O)O[C@H]1CO)c1ccccc1. The van der Waals surface area contributed by atoms with Gasteiger partial charge in [0.05, 0.1) is 18.4 Å². The number of aromatic amines is 1. The Balaban J connectivity index is 1.87. The van der Waals surface area contributed by atoms with E-state index in [0.717, 1.165) is 0 Å². The molecule has 0 spiro atoms. The van der Waals surface area contributed by atoms with Gasteiger partial charge in [0.15, 0.2) is 12.3 Å². The summed E-state index contributed by atoms with van der Waals surface area (Å²) in [5, 5.41) is 19.8. The Morgan fingerprint density at radius 2 is 2.00 bits per heavy atom. The number of aromatic nitrogens is 2. The first-order valence-corrected chi connectivity index (χ1v) is 7.63. The molecule has 2 heterocycles. The molecule has 1 aromatic carbocycles. The van der Waals surface area contributed by atoms with E-state index in [2.05, 4.69) is 0 Å².